The lowest BCUT2D eigenvalue weighted by atomic mass is 10.0. The number of aliphatic hydroxyl groups is 1. The summed E-state index contributed by atoms with van der Waals surface area (Å²) in [4.78, 5) is 2.34. The van der Waals surface area contributed by atoms with E-state index >= 15 is 0 Å². The summed E-state index contributed by atoms with van der Waals surface area (Å²) in [6, 6.07) is 8.41. The first kappa shape index (κ1) is 15.2. The second-order valence-electron chi connectivity index (χ2n) is 4.82. The topological polar surface area (TPSA) is 23.5 Å². The van der Waals surface area contributed by atoms with Gasteiger partial charge in [0.1, 0.15) is 0 Å². The van der Waals surface area contributed by atoms with Gasteiger partial charge in [0.15, 0.2) is 0 Å². The molecule has 0 aliphatic rings. The third-order valence-electron chi connectivity index (χ3n) is 3.52. The molecule has 0 aliphatic heterocycles. The summed E-state index contributed by atoms with van der Waals surface area (Å²) in [6.07, 6.45) is 2.77. The molecule has 0 amide bonds. The highest BCUT2D eigenvalue weighted by Gasteiger charge is 2.09. The Balaban J connectivity index is 2.48. The van der Waals surface area contributed by atoms with E-state index in [-0.39, 0.29) is 6.10 Å². The molecule has 1 unspecified atom stereocenters. The summed E-state index contributed by atoms with van der Waals surface area (Å²) < 4.78 is 0. The van der Waals surface area contributed by atoms with Crippen molar-refractivity contribution in [3.8, 4) is 0 Å². The van der Waals surface area contributed by atoms with Crippen LogP contribution in [0.3, 0.4) is 0 Å². The SMILES string of the molecule is CCCc1ccc(C(O)CCN(CC)CC)cc1. The van der Waals surface area contributed by atoms with Gasteiger partial charge in [-0.25, -0.2) is 0 Å². The van der Waals surface area contributed by atoms with Crippen molar-refractivity contribution in [1.82, 2.24) is 4.90 Å². The molecular formula is C16H27NO. The number of nitrogens with zero attached hydrogens (tertiary/aromatic N) is 1. The third-order valence-corrected chi connectivity index (χ3v) is 3.52. The van der Waals surface area contributed by atoms with Gasteiger partial charge >= 0.3 is 0 Å². The standard InChI is InChI=1S/C16H27NO/c1-4-7-14-8-10-15(11-9-14)16(18)12-13-17(5-2)6-3/h8-11,16,18H,4-7,12-13H2,1-3H3. The lowest BCUT2D eigenvalue weighted by molar-refractivity contribution is 0.145. The summed E-state index contributed by atoms with van der Waals surface area (Å²) >= 11 is 0. The van der Waals surface area contributed by atoms with Crippen molar-refractivity contribution in [1.29, 1.82) is 0 Å². The summed E-state index contributed by atoms with van der Waals surface area (Å²) in [5, 5.41) is 10.2. The van der Waals surface area contributed by atoms with Crippen LogP contribution < -0.4 is 0 Å². The van der Waals surface area contributed by atoms with Crippen LogP contribution in [0.5, 0.6) is 0 Å². The minimum atomic E-state index is -0.332. The first-order chi connectivity index (χ1) is 8.71. The molecule has 18 heavy (non-hydrogen) atoms. The minimum Gasteiger partial charge on any atom is -0.388 e. The van der Waals surface area contributed by atoms with E-state index in [4.69, 9.17) is 0 Å². The molecular weight excluding hydrogens is 222 g/mol. The molecule has 0 radical (unpaired) electrons. The van der Waals surface area contributed by atoms with Gasteiger partial charge in [0, 0.05) is 6.54 Å². The van der Waals surface area contributed by atoms with Crippen LogP contribution in [0.2, 0.25) is 0 Å². The van der Waals surface area contributed by atoms with Gasteiger partial charge in [0.2, 0.25) is 0 Å². The van der Waals surface area contributed by atoms with Crippen molar-refractivity contribution in [2.45, 2.75) is 46.1 Å². The quantitative estimate of drug-likeness (QED) is 0.763. The normalized spacial score (nSPS) is 12.9. The Labute approximate surface area is 112 Å². The van der Waals surface area contributed by atoms with Gasteiger partial charge in [0.05, 0.1) is 6.10 Å². The fourth-order valence-electron chi connectivity index (χ4n) is 2.21. The van der Waals surface area contributed by atoms with E-state index in [2.05, 4.69) is 49.9 Å². The van der Waals surface area contributed by atoms with E-state index in [1.807, 2.05) is 0 Å². The Hall–Kier alpha value is -0.860. The molecule has 0 spiro atoms. The molecule has 1 atom stereocenters. The molecule has 0 saturated heterocycles. The highest BCUT2D eigenvalue weighted by atomic mass is 16.3. The van der Waals surface area contributed by atoms with E-state index in [9.17, 15) is 5.11 Å². The zero-order valence-electron chi connectivity index (χ0n) is 12.0. The Kier molecular flexibility index (Phi) is 6.99. The first-order valence-electron chi connectivity index (χ1n) is 7.20. The smallest absolute Gasteiger partial charge is 0.0802 e. The molecule has 1 rings (SSSR count). The molecule has 0 bridgehead atoms. The number of aryl methyl sites for hydroxylation is 1. The largest absolute Gasteiger partial charge is 0.388 e. The van der Waals surface area contributed by atoms with Gasteiger partial charge < -0.3 is 10.0 Å². The molecule has 1 aromatic rings. The van der Waals surface area contributed by atoms with Crippen molar-refractivity contribution < 1.29 is 5.11 Å². The summed E-state index contributed by atoms with van der Waals surface area (Å²) in [5.41, 5.74) is 2.40. The molecule has 0 heterocycles. The van der Waals surface area contributed by atoms with Crippen LogP contribution >= 0.6 is 0 Å². The van der Waals surface area contributed by atoms with Crippen molar-refractivity contribution in [2.75, 3.05) is 19.6 Å². The fourth-order valence-corrected chi connectivity index (χ4v) is 2.21. The molecule has 1 N–H and O–H groups in total. The Morgan fingerprint density at radius 1 is 1.06 bits per heavy atom. The predicted molar refractivity (Wildman–Crippen MR) is 77.8 cm³/mol. The van der Waals surface area contributed by atoms with Gasteiger partial charge in [-0.1, -0.05) is 51.5 Å². The molecule has 102 valence electrons. The Morgan fingerprint density at radius 2 is 1.67 bits per heavy atom. The maximum absolute atomic E-state index is 10.2. The van der Waals surface area contributed by atoms with Gasteiger partial charge in [-0.3, -0.25) is 0 Å². The molecule has 2 nitrogen and oxygen atoms in total. The van der Waals surface area contributed by atoms with E-state index in [0.29, 0.717) is 0 Å². The zero-order valence-corrected chi connectivity index (χ0v) is 12.0. The fraction of sp³-hybridized carbons (Fsp3) is 0.625. The summed E-state index contributed by atoms with van der Waals surface area (Å²) in [7, 11) is 0. The lowest BCUT2D eigenvalue weighted by Gasteiger charge is -2.20. The van der Waals surface area contributed by atoms with Crippen LogP contribution in [0.1, 0.15) is 50.8 Å². The van der Waals surface area contributed by atoms with E-state index in [0.717, 1.165) is 38.0 Å². The van der Waals surface area contributed by atoms with Crippen LogP contribution in [0.25, 0.3) is 0 Å². The van der Waals surface area contributed by atoms with Crippen LogP contribution in [0.4, 0.5) is 0 Å². The lowest BCUT2D eigenvalue weighted by Crippen LogP contribution is -2.25. The Bertz CT molecular complexity index is 316. The number of hydrogen-bond acceptors (Lipinski definition) is 2. The van der Waals surface area contributed by atoms with Crippen molar-refractivity contribution in [2.24, 2.45) is 0 Å². The van der Waals surface area contributed by atoms with Gasteiger partial charge in [-0.2, -0.15) is 0 Å². The first-order valence-corrected chi connectivity index (χ1v) is 7.20. The molecule has 0 aliphatic carbocycles. The van der Waals surface area contributed by atoms with Crippen molar-refractivity contribution >= 4 is 0 Å². The van der Waals surface area contributed by atoms with Gasteiger partial charge in [-0.15, -0.1) is 0 Å². The number of hydrogen-bond donors (Lipinski definition) is 1. The van der Waals surface area contributed by atoms with E-state index < -0.39 is 0 Å². The molecule has 2 heteroatoms. The summed E-state index contributed by atoms with van der Waals surface area (Å²) in [5.74, 6) is 0. The second kappa shape index (κ2) is 8.28. The van der Waals surface area contributed by atoms with Crippen LogP contribution in [-0.2, 0) is 6.42 Å². The molecule has 0 fully saturated rings. The van der Waals surface area contributed by atoms with Crippen molar-refractivity contribution in [3.63, 3.8) is 0 Å². The number of aliphatic hydroxyl groups excluding tert-OH is 1. The third kappa shape index (κ3) is 4.79. The van der Waals surface area contributed by atoms with E-state index in [1.54, 1.807) is 0 Å². The zero-order chi connectivity index (χ0) is 13.4. The van der Waals surface area contributed by atoms with Crippen molar-refractivity contribution in [3.05, 3.63) is 35.4 Å². The molecule has 0 aromatic heterocycles. The average molecular weight is 249 g/mol. The number of rotatable bonds is 8. The summed E-state index contributed by atoms with van der Waals surface area (Å²) in [6.45, 7) is 9.58. The van der Waals surface area contributed by atoms with Gasteiger partial charge in [-0.05, 0) is 37.1 Å². The van der Waals surface area contributed by atoms with E-state index in [1.165, 1.54) is 12.0 Å². The minimum absolute atomic E-state index is 0.332. The molecule has 0 saturated carbocycles. The number of benzene rings is 1. The highest BCUT2D eigenvalue weighted by molar-refractivity contribution is 5.24. The Morgan fingerprint density at radius 3 is 2.17 bits per heavy atom. The second-order valence-corrected chi connectivity index (χ2v) is 4.82. The average Bonchev–Trinajstić information content (AvgIpc) is 2.41. The van der Waals surface area contributed by atoms with Crippen LogP contribution in [-0.4, -0.2) is 29.6 Å². The van der Waals surface area contributed by atoms with Crippen LogP contribution in [0, 0.1) is 0 Å². The maximum Gasteiger partial charge on any atom is 0.0802 e. The van der Waals surface area contributed by atoms with Crippen LogP contribution in [0.15, 0.2) is 24.3 Å². The predicted octanol–water partition coefficient (Wildman–Crippen LogP) is 3.40. The molecule has 1 aromatic carbocycles. The highest BCUT2D eigenvalue weighted by Crippen LogP contribution is 2.18. The maximum atomic E-state index is 10.2. The van der Waals surface area contributed by atoms with Gasteiger partial charge in [0.25, 0.3) is 0 Å². The monoisotopic (exact) mass is 249 g/mol.